The van der Waals surface area contributed by atoms with Crippen molar-refractivity contribution in [1.29, 1.82) is 0 Å². The lowest BCUT2D eigenvalue weighted by atomic mass is 10.6. The molecule has 5 N–H and O–H groups in total. The van der Waals surface area contributed by atoms with Crippen LogP contribution in [-0.2, 0) is 10.2 Å². The summed E-state index contributed by atoms with van der Waals surface area (Å²) in [7, 11) is -3.50. The lowest BCUT2D eigenvalue weighted by Crippen LogP contribution is -2.41. The molecule has 1 fully saturated rings. The monoisotopic (exact) mass is 208 g/mol. The molecule has 0 aromatic rings. The predicted molar refractivity (Wildman–Crippen MR) is 46.5 cm³/mol. The fourth-order valence-corrected chi connectivity index (χ4v) is 1.76. The number of hydrogen-bond acceptors (Lipinski definition) is 4. The Hall–Kier alpha value is -0.860. The summed E-state index contributed by atoms with van der Waals surface area (Å²) in [4.78, 5) is 0. The van der Waals surface area contributed by atoms with E-state index in [4.69, 9.17) is 10.9 Å². The fourth-order valence-electron chi connectivity index (χ4n) is 0.667. The fraction of sp³-hybridized carbons (Fsp3) is 0.800. The molecule has 0 amide bonds. The van der Waals surface area contributed by atoms with E-state index < -0.39 is 10.2 Å². The molecule has 76 valence electrons. The van der Waals surface area contributed by atoms with Crippen molar-refractivity contribution >= 4 is 16.0 Å². The molecular formula is C5H12N4O3S. The molecule has 1 aliphatic rings. The first-order valence-corrected chi connectivity index (χ1v) is 5.25. The van der Waals surface area contributed by atoms with Gasteiger partial charge in [-0.3, -0.25) is 0 Å². The van der Waals surface area contributed by atoms with Gasteiger partial charge in [0.05, 0.1) is 6.54 Å². The Morgan fingerprint density at radius 3 is 2.69 bits per heavy atom. The quantitative estimate of drug-likeness (QED) is 0.187. The molecule has 0 saturated heterocycles. The van der Waals surface area contributed by atoms with Gasteiger partial charge in [-0.25, -0.2) is 0 Å². The van der Waals surface area contributed by atoms with Crippen molar-refractivity contribution in [2.45, 2.75) is 18.9 Å². The van der Waals surface area contributed by atoms with Crippen molar-refractivity contribution in [2.24, 2.45) is 10.9 Å². The van der Waals surface area contributed by atoms with Crippen molar-refractivity contribution < 1.29 is 13.6 Å². The molecule has 0 unspecified atom stereocenters. The van der Waals surface area contributed by atoms with Crippen LogP contribution in [0.5, 0.6) is 0 Å². The van der Waals surface area contributed by atoms with Crippen molar-refractivity contribution in [2.75, 3.05) is 6.54 Å². The summed E-state index contributed by atoms with van der Waals surface area (Å²) < 4.78 is 26.7. The Morgan fingerprint density at radius 2 is 2.23 bits per heavy atom. The Bertz CT molecular complexity index is 295. The van der Waals surface area contributed by atoms with E-state index in [9.17, 15) is 8.42 Å². The molecule has 8 heteroatoms. The highest BCUT2D eigenvalue weighted by Crippen LogP contribution is 2.19. The van der Waals surface area contributed by atoms with E-state index in [1.165, 1.54) is 0 Å². The third kappa shape index (κ3) is 4.06. The van der Waals surface area contributed by atoms with Gasteiger partial charge < -0.3 is 10.9 Å². The van der Waals surface area contributed by atoms with Gasteiger partial charge in [-0.1, -0.05) is 5.16 Å². The normalized spacial score (nSPS) is 18.9. The summed E-state index contributed by atoms with van der Waals surface area (Å²) in [5, 5.41) is 10.8. The standard InChI is InChI=1S/C5H12N4O3S/c6-5(8-10)3-7-13(11,12)9-4-1-2-4/h4,7,9-10H,1-3H2,(H2,6,8). The molecule has 13 heavy (non-hydrogen) atoms. The lowest BCUT2D eigenvalue weighted by molar-refractivity contribution is 0.317. The van der Waals surface area contributed by atoms with Gasteiger partial charge in [0.15, 0.2) is 5.84 Å². The van der Waals surface area contributed by atoms with Crippen molar-refractivity contribution in [3.05, 3.63) is 0 Å². The maximum Gasteiger partial charge on any atom is 0.277 e. The van der Waals surface area contributed by atoms with Gasteiger partial charge in [0.2, 0.25) is 0 Å². The zero-order valence-corrected chi connectivity index (χ0v) is 7.71. The van der Waals surface area contributed by atoms with E-state index in [-0.39, 0.29) is 18.4 Å². The number of nitrogens with two attached hydrogens (primary N) is 1. The first kappa shape index (κ1) is 10.2. The van der Waals surface area contributed by atoms with E-state index >= 15 is 0 Å². The predicted octanol–water partition coefficient (Wildman–Crippen LogP) is -1.68. The number of hydrogen-bond donors (Lipinski definition) is 4. The Kier molecular flexibility index (Phi) is 3.07. The van der Waals surface area contributed by atoms with Gasteiger partial charge in [0.1, 0.15) is 0 Å². The van der Waals surface area contributed by atoms with Crippen molar-refractivity contribution in [1.82, 2.24) is 9.44 Å². The van der Waals surface area contributed by atoms with Gasteiger partial charge in [-0.05, 0) is 12.8 Å². The van der Waals surface area contributed by atoms with E-state index in [0.29, 0.717) is 0 Å². The highest BCUT2D eigenvalue weighted by molar-refractivity contribution is 7.87. The second-order valence-electron chi connectivity index (χ2n) is 2.81. The van der Waals surface area contributed by atoms with Crippen LogP contribution in [0.2, 0.25) is 0 Å². The van der Waals surface area contributed by atoms with Crippen molar-refractivity contribution in [3.63, 3.8) is 0 Å². The van der Waals surface area contributed by atoms with Gasteiger partial charge in [-0.2, -0.15) is 17.9 Å². The van der Waals surface area contributed by atoms with Crippen LogP contribution < -0.4 is 15.2 Å². The molecule has 0 atom stereocenters. The van der Waals surface area contributed by atoms with Crippen LogP contribution in [0.25, 0.3) is 0 Å². The minimum Gasteiger partial charge on any atom is -0.409 e. The van der Waals surface area contributed by atoms with E-state index in [1.54, 1.807) is 0 Å². The third-order valence-corrected chi connectivity index (χ3v) is 2.64. The topological polar surface area (TPSA) is 117 Å². The highest BCUT2D eigenvalue weighted by atomic mass is 32.2. The number of amidine groups is 1. The average Bonchev–Trinajstić information content (AvgIpc) is 2.83. The Morgan fingerprint density at radius 1 is 1.62 bits per heavy atom. The van der Waals surface area contributed by atoms with Gasteiger partial charge in [0.25, 0.3) is 10.2 Å². The Balaban J connectivity index is 2.33. The molecule has 1 rings (SSSR count). The maximum absolute atomic E-state index is 11.1. The first-order chi connectivity index (χ1) is 6.03. The molecule has 7 nitrogen and oxygen atoms in total. The summed E-state index contributed by atoms with van der Waals surface area (Å²) >= 11 is 0. The lowest BCUT2D eigenvalue weighted by Gasteiger charge is -2.05. The average molecular weight is 208 g/mol. The molecule has 0 heterocycles. The molecule has 0 aromatic carbocycles. The minimum atomic E-state index is -3.50. The smallest absolute Gasteiger partial charge is 0.277 e. The third-order valence-electron chi connectivity index (χ3n) is 1.47. The van der Waals surface area contributed by atoms with Crippen LogP contribution in [0.4, 0.5) is 0 Å². The number of rotatable bonds is 5. The maximum atomic E-state index is 11.1. The van der Waals surface area contributed by atoms with Crippen molar-refractivity contribution in [3.8, 4) is 0 Å². The minimum absolute atomic E-state index is 0.0461. The molecular weight excluding hydrogens is 196 g/mol. The second-order valence-corrected chi connectivity index (χ2v) is 4.34. The summed E-state index contributed by atoms with van der Waals surface area (Å²) in [5.41, 5.74) is 5.07. The summed E-state index contributed by atoms with van der Waals surface area (Å²) in [6.07, 6.45) is 1.73. The molecule has 1 saturated carbocycles. The number of nitrogens with one attached hydrogen (secondary N) is 2. The van der Waals surface area contributed by atoms with Crippen LogP contribution in [-0.4, -0.2) is 32.0 Å². The van der Waals surface area contributed by atoms with Crippen LogP contribution in [0.3, 0.4) is 0 Å². The van der Waals surface area contributed by atoms with Crippen LogP contribution >= 0.6 is 0 Å². The second kappa shape index (κ2) is 3.90. The largest absolute Gasteiger partial charge is 0.409 e. The molecule has 0 spiro atoms. The number of nitrogens with zero attached hydrogens (tertiary/aromatic N) is 1. The van der Waals surface area contributed by atoms with E-state index in [1.807, 2.05) is 0 Å². The van der Waals surface area contributed by atoms with E-state index in [2.05, 4.69) is 14.6 Å². The molecule has 1 aliphatic carbocycles. The Labute approximate surface area is 76.2 Å². The van der Waals surface area contributed by atoms with Crippen LogP contribution in [0.1, 0.15) is 12.8 Å². The zero-order chi connectivity index (χ0) is 9.90. The highest BCUT2D eigenvalue weighted by Gasteiger charge is 2.26. The SMILES string of the molecule is NC(CNS(=O)(=O)NC1CC1)=NO. The molecule has 0 bridgehead atoms. The molecule has 0 aromatic heterocycles. The summed E-state index contributed by atoms with van der Waals surface area (Å²) in [6, 6.07) is 0.0461. The van der Waals surface area contributed by atoms with Gasteiger partial charge >= 0.3 is 0 Å². The van der Waals surface area contributed by atoms with Crippen LogP contribution in [0, 0.1) is 0 Å². The van der Waals surface area contributed by atoms with Gasteiger partial charge in [0, 0.05) is 6.04 Å². The van der Waals surface area contributed by atoms with E-state index in [0.717, 1.165) is 12.8 Å². The van der Waals surface area contributed by atoms with Crippen LogP contribution in [0.15, 0.2) is 5.16 Å². The van der Waals surface area contributed by atoms with Gasteiger partial charge in [-0.15, -0.1) is 0 Å². The molecule has 0 aliphatic heterocycles. The number of oxime groups is 1. The summed E-state index contributed by atoms with van der Waals surface area (Å²) in [5.74, 6) is -0.179. The first-order valence-electron chi connectivity index (χ1n) is 3.77. The zero-order valence-electron chi connectivity index (χ0n) is 6.90. The summed E-state index contributed by atoms with van der Waals surface area (Å²) in [6.45, 7) is -0.196. The molecule has 0 radical (unpaired) electrons.